The number of aromatic nitrogens is 1. The average Bonchev–Trinajstić information content (AvgIpc) is 3.45. The van der Waals surface area contributed by atoms with Gasteiger partial charge in [-0.15, -0.1) is 5.06 Å². The van der Waals surface area contributed by atoms with E-state index < -0.39 is 35.6 Å². The molecule has 1 aliphatic carbocycles. The van der Waals surface area contributed by atoms with Crippen LogP contribution >= 0.6 is 0 Å². The van der Waals surface area contributed by atoms with Gasteiger partial charge in [-0.3, -0.25) is 9.59 Å². The topological polar surface area (TPSA) is 178 Å². The van der Waals surface area contributed by atoms with Gasteiger partial charge in [0.15, 0.2) is 0 Å². The minimum absolute atomic E-state index is 0.0429. The number of carbonyl (C=O) groups is 4. The fraction of sp³-hybridized carbons (Fsp3) is 0.531. The van der Waals surface area contributed by atoms with Gasteiger partial charge in [0.1, 0.15) is 30.8 Å². The molecule has 4 N–H and O–H groups in total. The third kappa shape index (κ3) is 10.3. The molecule has 2 aliphatic rings. The summed E-state index contributed by atoms with van der Waals surface area (Å²) in [7, 11) is 1.56. The van der Waals surface area contributed by atoms with Gasteiger partial charge in [-0.25, -0.2) is 14.6 Å². The van der Waals surface area contributed by atoms with Crippen molar-refractivity contribution in [3.05, 3.63) is 54.2 Å². The van der Waals surface area contributed by atoms with Crippen LogP contribution in [-0.2, 0) is 35.3 Å². The Kier molecular flexibility index (Phi) is 12.5. The molecule has 1 aromatic carbocycles. The number of carboxylic acids is 1. The van der Waals surface area contributed by atoms with Crippen LogP contribution in [0.1, 0.15) is 51.0 Å². The number of anilines is 1. The number of rotatable bonds is 15. The van der Waals surface area contributed by atoms with E-state index in [1.165, 1.54) is 5.06 Å². The van der Waals surface area contributed by atoms with Gasteiger partial charge in [-0.05, 0) is 30.9 Å². The maximum absolute atomic E-state index is 12.8. The van der Waals surface area contributed by atoms with Crippen molar-refractivity contribution in [3.63, 3.8) is 0 Å². The number of hydrogen-bond acceptors (Lipinski definition) is 11. The number of pyridine rings is 1. The summed E-state index contributed by atoms with van der Waals surface area (Å²) in [5.41, 5.74) is 0.195. The number of ether oxygens (including phenoxy) is 3. The third-order valence-electron chi connectivity index (χ3n) is 8.27. The lowest BCUT2D eigenvalue weighted by Gasteiger charge is -2.33. The van der Waals surface area contributed by atoms with Crippen LogP contribution in [0.4, 0.5) is 10.6 Å². The van der Waals surface area contributed by atoms with E-state index in [0.717, 1.165) is 24.8 Å². The van der Waals surface area contributed by atoms with Crippen LogP contribution in [0.2, 0.25) is 0 Å². The summed E-state index contributed by atoms with van der Waals surface area (Å²) >= 11 is 0. The van der Waals surface area contributed by atoms with Gasteiger partial charge in [0.05, 0.1) is 25.8 Å². The molecule has 2 aromatic rings. The van der Waals surface area contributed by atoms with E-state index in [9.17, 15) is 24.3 Å². The number of nitrogens with zero attached hydrogens (tertiary/aromatic N) is 2. The number of amides is 2. The number of methoxy groups -OCH3 is 1. The molecule has 250 valence electrons. The molecule has 2 fully saturated rings. The van der Waals surface area contributed by atoms with Crippen LogP contribution in [0.15, 0.2) is 48.7 Å². The van der Waals surface area contributed by atoms with Crippen LogP contribution in [0.25, 0.3) is 0 Å². The van der Waals surface area contributed by atoms with Gasteiger partial charge >= 0.3 is 12.1 Å². The Hall–Kier alpha value is -4.43. The summed E-state index contributed by atoms with van der Waals surface area (Å²) in [6.07, 6.45) is 4.94. The summed E-state index contributed by atoms with van der Waals surface area (Å²) in [5, 5.41) is 19.4. The van der Waals surface area contributed by atoms with Crippen molar-refractivity contribution >= 4 is 29.8 Å². The minimum Gasteiger partial charge on any atom is -0.497 e. The fourth-order valence-electron chi connectivity index (χ4n) is 5.51. The van der Waals surface area contributed by atoms with Crippen molar-refractivity contribution in [1.29, 1.82) is 0 Å². The molecule has 4 rings (SSSR count). The molecule has 0 radical (unpaired) electrons. The maximum Gasteiger partial charge on any atom is 0.528 e. The Bertz CT molecular complexity index is 1320. The van der Waals surface area contributed by atoms with Crippen molar-refractivity contribution in [3.8, 4) is 5.75 Å². The van der Waals surface area contributed by atoms with Crippen molar-refractivity contribution in [2.75, 3.05) is 38.7 Å². The van der Waals surface area contributed by atoms with Gasteiger partial charge in [-0.2, -0.15) is 0 Å². The molecular formula is C32H43N5O9. The van der Waals surface area contributed by atoms with Crippen molar-refractivity contribution in [1.82, 2.24) is 20.7 Å². The number of nitrogens with one attached hydrogen (secondary N) is 3. The molecule has 1 aromatic heterocycles. The molecule has 46 heavy (non-hydrogen) atoms. The second-order valence-electron chi connectivity index (χ2n) is 11.8. The minimum atomic E-state index is -1.27. The summed E-state index contributed by atoms with van der Waals surface area (Å²) in [4.78, 5) is 59.6. The van der Waals surface area contributed by atoms with Crippen LogP contribution in [0, 0.1) is 5.41 Å². The second kappa shape index (κ2) is 16.8. The number of aliphatic carboxylic acids is 1. The Morgan fingerprint density at radius 1 is 1.11 bits per heavy atom. The lowest BCUT2D eigenvalue weighted by molar-refractivity contribution is -0.145. The van der Waals surface area contributed by atoms with Crippen LogP contribution < -0.4 is 20.7 Å². The van der Waals surface area contributed by atoms with Crippen LogP contribution in [0.3, 0.4) is 0 Å². The zero-order valence-electron chi connectivity index (χ0n) is 26.2. The van der Waals surface area contributed by atoms with Gasteiger partial charge < -0.3 is 40.1 Å². The molecule has 1 aliphatic heterocycles. The van der Waals surface area contributed by atoms with E-state index in [1.54, 1.807) is 25.4 Å². The number of hydroxylamine groups is 2. The van der Waals surface area contributed by atoms with E-state index in [2.05, 4.69) is 20.9 Å². The number of hydrogen-bond donors (Lipinski definition) is 4. The monoisotopic (exact) mass is 641 g/mol. The molecule has 0 spiro atoms. The molecule has 14 nitrogen and oxygen atoms in total. The smallest absolute Gasteiger partial charge is 0.497 e. The first-order valence-electron chi connectivity index (χ1n) is 15.5. The summed E-state index contributed by atoms with van der Waals surface area (Å²) in [6.45, 7) is 1.75. The number of benzene rings is 1. The van der Waals surface area contributed by atoms with Gasteiger partial charge in [0.2, 0.25) is 11.8 Å². The van der Waals surface area contributed by atoms with Crippen LogP contribution in [0.5, 0.6) is 5.75 Å². The first kappa shape index (κ1) is 34.4. The summed E-state index contributed by atoms with van der Waals surface area (Å²) < 4.78 is 16.3. The lowest BCUT2D eigenvalue weighted by Crippen LogP contribution is -2.53. The first-order valence-corrected chi connectivity index (χ1v) is 15.5. The number of carboxylic acid groups (broad SMARTS) is 1. The Morgan fingerprint density at radius 3 is 2.59 bits per heavy atom. The van der Waals surface area contributed by atoms with Gasteiger partial charge in [0.25, 0.3) is 0 Å². The van der Waals surface area contributed by atoms with E-state index in [4.69, 9.17) is 19.0 Å². The summed E-state index contributed by atoms with van der Waals surface area (Å²) in [6, 6.07) is 11.0. The zero-order chi connectivity index (χ0) is 32.9. The molecule has 2 amide bonds. The fourth-order valence-corrected chi connectivity index (χ4v) is 5.51. The van der Waals surface area contributed by atoms with E-state index >= 15 is 0 Å². The van der Waals surface area contributed by atoms with Crippen LogP contribution in [-0.4, -0.2) is 90.6 Å². The Morgan fingerprint density at radius 2 is 1.87 bits per heavy atom. The SMILES string of the molecule is COc1ccnc(NCC2CC(OCC(=O)NCC(NC(=O)C3(C)CCCCC3)C(=O)O)CN2OC(=O)OCc2ccccc2)c1. The number of carbonyl (C=O) groups excluding carboxylic acids is 3. The molecule has 3 atom stereocenters. The zero-order valence-corrected chi connectivity index (χ0v) is 26.2. The molecule has 2 heterocycles. The third-order valence-corrected chi connectivity index (χ3v) is 8.27. The maximum atomic E-state index is 12.8. The van der Waals surface area contributed by atoms with E-state index in [1.807, 2.05) is 37.3 Å². The predicted molar refractivity (Wildman–Crippen MR) is 166 cm³/mol. The highest BCUT2D eigenvalue weighted by molar-refractivity contribution is 5.88. The highest BCUT2D eigenvalue weighted by atomic mass is 16.8. The van der Waals surface area contributed by atoms with Gasteiger partial charge in [-0.1, -0.05) is 56.5 Å². The highest BCUT2D eigenvalue weighted by Gasteiger charge is 2.38. The van der Waals surface area contributed by atoms with Crippen molar-refractivity contribution in [2.45, 2.75) is 70.2 Å². The molecule has 3 unspecified atom stereocenters. The summed E-state index contributed by atoms with van der Waals surface area (Å²) in [5.74, 6) is -0.907. The first-order chi connectivity index (χ1) is 22.1. The highest BCUT2D eigenvalue weighted by Crippen LogP contribution is 2.36. The normalized spacial score (nSPS) is 19.8. The Labute approximate surface area is 268 Å². The van der Waals surface area contributed by atoms with Crippen molar-refractivity contribution in [2.24, 2.45) is 5.41 Å². The Balaban J connectivity index is 1.28. The second-order valence-corrected chi connectivity index (χ2v) is 11.8. The standard InChI is InChI=1S/C32H43N5O9/c1-32(12-7-4-8-13-32)30(41)36-26(29(39)40)18-35-28(38)21-44-25-15-23(17-34-27-16-24(43-2)11-14-33-27)37(19-25)46-31(42)45-20-22-9-5-3-6-10-22/h3,5-6,9-11,14,16,23,25-26H,4,7-8,12-13,15,17-21H2,1-2H3,(H,33,34)(H,35,38)(H,36,41)(H,39,40). The predicted octanol–water partition coefficient (Wildman–Crippen LogP) is 2.89. The largest absolute Gasteiger partial charge is 0.528 e. The van der Waals surface area contributed by atoms with E-state index in [0.29, 0.717) is 37.4 Å². The lowest BCUT2D eigenvalue weighted by atomic mass is 9.75. The van der Waals surface area contributed by atoms with E-state index in [-0.39, 0.29) is 38.3 Å². The molecule has 0 bridgehead atoms. The molecule has 1 saturated carbocycles. The molecule has 14 heteroatoms. The molecular weight excluding hydrogens is 598 g/mol. The van der Waals surface area contributed by atoms with Gasteiger partial charge in [0, 0.05) is 30.8 Å². The quantitative estimate of drug-likeness (QED) is 0.209. The average molecular weight is 642 g/mol. The molecule has 1 saturated heterocycles. The van der Waals surface area contributed by atoms with Crippen molar-refractivity contribution < 1.29 is 43.3 Å².